The SMILES string of the molecule is COC(=O)c1c2c3oc1c(C)c3OS2. The van der Waals surface area contributed by atoms with Gasteiger partial charge in [0.2, 0.25) is 0 Å². The molecule has 0 saturated heterocycles. The lowest BCUT2D eigenvalue weighted by molar-refractivity contribution is 0.0599. The molecule has 0 atom stereocenters. The molecule has 5 heteroatoms. The zero-order valence-electron chi connectivity index (χ0n) is 7.54. The number of furan rings is 2. The summed E-state index contributed by atoms with van der Waals surface area (Å²) >= 11 is 1.16. The first kappa shape index (κ1) is 7.99. The lowest BCUT2D eigenvalue weighted by atomic mass is 10.1. The number of rotatable bonds is 1. The molecule has 0 aliphatic carbocycles. The first-order valence-corrected chi connectivity index (χ1v) is 4.79. The Labute approximate surface area is 83.7 Å². The zero-order chi connectivity index (χ0) is 9.87. The van der Waals surface area contributed by atoms with E-state index in [0.29, 0.717) is 16.7 Å². The second-order valence-corrected chi connectivity index (χ2v) is 3.82. The molecule has 0 unspecified atom stereocenters. The number of hydrogen-bond donors (Lipinski definition) is 0. The van der Waals surface area contributed by atoms with Crippen molar-refractivity contribution < 1.29 is 18.1 Å². The van der Waals surface area contributed by atoms with E-state index in [1.54, 1.807) is 0 Å². The maximum Gasteiger partial charge on any atom is 0.343 e. The van der Waals surface area contributed by atoms with Gasteiger partial charge >= 0.3 is 5.97 Å². The van der Waals surface area contributed by atoms with Crippen LogP contribution in [-0.2, 0) is 4.74 Å². The number of carbonyl (C=O) groups is 1. The Kier molecular flexibility index (Phi) is 1.35. The van der Waals surface area contributed by atoms with Crippen LogP contribution in [0.5, 0.6) is 5.75 Å². The molecule has 0 aromatic carbocycles. The minimum atomic E-state index is -0.374. The summed E-state index contributed by atoms with van der Waals surface area (Å²) in [6.45, 7) is 1.86. The van der Waals surface area contributed by atoms with E-state index < -0.39 is 0 Å². The highest BCUT2D eigenvalue weighted by atomic mass is 32.2. The molecule has 2 aromatic heterocycles. The highest BCUT2D eigenvalue weighted by Gasteiger charge is 2.36. The number of fused-ring (bicyclic) bond motifs is 1. The summed E-state index contributed by atoms with van der Waals surface area (Å²) < 4.78 is 15.4. The minimum Gasteiger partial charge on any atom is -0.465 e. The van der Waals surface area contributed by atoms with Gasteiger partial charge in [-0.05, 0) is 6.92 Å². The van der Waals surface area contributed by atoms with E-state index in [1.807, 2.05) is 6.92 Å². The summed E-state index contributed by atoms with van der Waals surface area (Å²) in [7, 11) is 1.35. The van der Waals surface area contributed by atoms with Gasteiger partial charge < -0.3 is 13.3 Å². The molecule has 0 N–H and O–H groups in total. The number of methoxy groups -OCH3 is 1. The first-order valence-electron chi connectivity index (χ1n) is 4.05. The van der Waals surface area contributed by atoms with E-state index in [2.05, 4.69) is 4.74 Å². The summed E-state index contributed by atoms with van der Waals surface area (Å²) in [6, 6.07) is 0. The lowest BCUT2D eigenvalue weighted by Gasteiger charge is -1.96. The van der Waals surface area contributed by atoms with Crippen molar-refractivity contribution in [3.63, 3.8) is 0 Å². The molecule has 0 amide bonds. The highest BCUT2D eigenvalue weighted by Crippen LogP contribution is 2.52. The molecule has 2 aromatic rings. The third-order valence-electron chi connectivity index (χ3n) is 2.35. The van der Waals surface area contributed by atoms with Gasteiger partial charge in [-0.1, -0.05) is 0 Å². The van der Waals surface area contributed by atoms with Crippen molar-refractivity contribution in [2.75, 3.05) is 7.11 Å². The van der Waals surface area contributed by atoms with Crippen molar-refractivity contribution in [2.24, 2.45) is 0 Å². The van der Waals surface area contributed by atoms with E-state index in [1.165, 1.54) is 7.11 Å². The van der Waals surface area contributed by atoms with Crippen LogP contribution in [0.2, 0.25) is 0 Å². The second kappa shape index (κ2) is 2.36. The predicted octanol–water partition coefficient (Wildman–Crippen LogP) is 2.37. The largest absolute Gasteiger partial charge is 0.465 e. The molecule has 3 rings (SSSR count). The van der Waals surface area contributed by atoms with Crippen molar-refractivity contribution in [1.82, 2.24) is 0 Å². The van der Waals surface area contributed by atoms with Gasteiger partial charge in [0.1, 0.15) is 16.0 Å². The summed E-state index contributed by atoms with van der Waals surface area (Å²) in [5.41, 5.74) is 2.62. The van der Waals surface area contributed by atoms with Crippen LogP contribution < -0.4 is 4.18 Å². The van der Waals surface area contributed by atoms with Crippen LogP contribution in [0.3, 0.4) is 0 Å². The van der Waals surface area contributed by atoms with Crippen LogP contribution in [-0.4, -0.2) is 13.1 Å². The van der Waals surface area contributed by atoms with Crippen LogP contribution in [0.25, 0.3) is 11.2 Å². The van der Waals surface area contributed by atoms with Gasteiger partial charge in [-0.25, -0.2) is 4.79 Å². The quantitative estimate of drug-likeness (QED) is 0.534. The average Bonchev–Trinajstić information content (AvgIpc) is 2.76. The Morgan fingerprint density at radius 1 is 1.43 bits per heavy atom. The monoisotopic (exact) mass is 210 g/mol. The smallest absolute Gasteiger partial charge is 0.343 e. The van der Waals surface area contributed by atoms with Crippen LogP contribution in [0.4, 0.5) is 0 Å². The van der Waals surface area contributed by atoms with Crippen molar-refractivity contribution >= 4 is 29.2 Å². The standard InChI is InChI=1S/C9H6O4S/c1-3-5-4(9(10)11-2)8-7(12-5)6(3)13-14-8/h1-2H3. The van der Waals surface area contributed by atoms with Gasteiger partial charge in [0.15, 0.2) is 11.3 Å². The van der Waals surface area contributed by atoms with Crippen LogP contribution in [0, 0.1) is 6.92 Å². The fourth-order valence-electron chi connectivity index (χ4n) is 1.65. The molecule has 0 saturated carbocycles. The van der Waals surface area contributed by atoms with Gasteiger partial charge in [-0.15, -0.1) is 0 Å². The average molecular weight is 210 g/mol. The predicted molar refractivity (Wildman–Crippen MR) is 50.0 cm³/mol. The third kappa shape index (κ3) is 0.698. The molecule has 3 heterocycles. The fraction of sp³-hybridized carbons (Fsp3) is 0.222. The number of ether oxygens (including phenoxy) is 1. The molecule has 0 fully saturated rings. The number of esters is 1. The van der Waals surface area contributed by atoms with E-state index in [4.69, 9.17) is 8.60 Å². The Bertz CT molecular complexity index is 528. The molecule has 1 aliphatic rings. The number of hydrogen-bond acceptors (Lipinski definition) is 5. The lowest BCUT2D eigenvalue weighted by Crippen LogP contribution is -2.01. The molecule has 0 radical (unpaired) electrons. The highest BCUT2D eigenvalue weighted by molar-refractivity contribution is 7.95. The van der Waals surface area contributed by atoms with Crippen molar-refractivity contribution in [1.29, 1.82) is 0 Å². The molecule has 14 heavy (non-hydrogen) atoms. The van der Waals surface area contributed by atoms with Crippen LogP contribution in [0.1, 0.15) is 15.9 Å². The summed E-state index contributed by atoms with van der Waals surface area (Å²) in [4.78, 5) is 12.2. The van der Waals surface area contributed by atoms with Gasteiger partial charge in [-0.3, -0.25) is 0 Å². The number of benzene rings is 1. The molecule has 0 spiro atoms. The maximum absolute atomic E-state index is 11.5. The van der Waals surface area contributed by atoms with Gasteiger partial charge in [0.25, 0.3) is 0 Å². The number of aryl methyl sites for hydroxylation is 1. The van der Waals surface area contributed by atoms with E-state index in [-0.39, 0.29) is 5.97 Å². The molecule has 4 nitrogen and oxygen atoms in total. The number of carbonyl (C=O) groups excluding carboxylic acids is 1. The second-order valence-electron chi connectivity index (χ2n) is 3.08. The van der Waals surface area contributed by atoms with E-state index in [9.17, 15) is 4.79 Å². The fourth-order valence-corrected chi connectivity index (χ4v) is 2.49. The van der Waals surface area contributed by atoms with Gasteiger partial charge in [0, 0.05) is 5.56 Å². The van der Waals surface area contributed by atoms with Crippen molar-refractivity contribution in [3.05, 3.63) is 11.1 Å². The maximum atomic E-state index is 11.5. The third-order valence-corrected chi connectivity index (χ3v) is 3.16. The Morgan fingerprint density at radius 3 is 2.93 bits per heavy atom. The molecule has 2 bridgehead atoms. The van der Waals surface area contributed by atoms with Crippen molar-refractivity contribution in [3.8, 4) is 5.75 Å². The Morgan fingerprint density at radius 2 is 2.21 bits per heavy atom. The van der Waals surface area contributed by atoms with Gasteiger partial charge in [-0.2, -0.15) is 0 Å². The molecule has 72 valence electrons. The van der Waals surface area contributed by atoms with Crippen LogP contribution in [0.15, 0.2) is 9.31 Å². The zero-order valence-corrected chi connectivity index (χ0v) is 8.36. The van der Waals surface area contributed by atoms with E-state index in [0.717, 1.165) is 28.3 Å². The normalized spacial score (nSPS) is 13.6. The summed E-state index contributed by atoms with van der Waals surface area (Å²) in [6.07, 6.45) is 0. The summed E-state index contributed by atoms with van der Waals surface area (Å²) in [5.74, 6) is 0.369. The van der Waals surface area contributed by atoms with Crippen molar-refractivity contribution in [2.45, 2.75) is 11.8 Å². The van der Waals surface area contributed by atoms with Crippen LogP contribution >= 0.6 is 12.0 Å². The summed E-state index contributed by atoms with van der Waals surface area (Å²) in [5, 5.41) is 0. The first-order chi connectivity index (χ1) is 6.74. The molecular weight excluding hydrogens is 204 g/mol. The topological polar surface area (TPSA) is 48.7 Å². The molecular formula is C9H6O4S. The molecule has 1 aliphatic heterocycles. The Hall–Kier alpha value is -1.36. The van der Waals surface area contributed by atoms with E-state index >= 15 is 0 Å². The minimum absolute atomic E-state index is 0.374. The van der Waals surface area contributed by atoms with Gasteiger partial charge in [0.05, 0.1) is 19.2 Å². The Balaban J connectivity index is 2.35.